The molecule has 0 amide bonds. The number of hydrogen-bond donors (Lipinski definition) is 3. The van der Waals surface area contributed by atoms with Gasteiger partial charge in [-0.3, -0.25) is 0 Å². The average Bonchev–Trinajstić information content (AvgIpc) is 2.63. The summed E-state index contributed by atoms with van der Waals surface area (Å²) in [5, 5.41) is 16.2. The fourth-order valence-corrected chi connectivity index (χ4v) is 2.42. The van der Waals surface area contributed by atoms with Gasteiger partial charge < -0.3 is 20.5 Å². The maximum absolute atomic E-state index is 13.7. The summed E-state index contributed by atoms with van der Waals surface area (Å²) in [4.78, 5) is 4.27. The Morgan fingerprint density at radius 3 is 2.63 bits per heavy atom. The van der Waals surface area contributed by atoms with Crippen LogP contribution >= 0.6 is 24.0 Å². The Kier molecular flexibility index (Phi) is 9.84. The molecule has 0 bridgehead atoms. The van der Waals surface area contributed by atoms with Crippen molar-refractivity contribution in [1.29, 1.82) is 0 Å². The smallest absolute Gasteiger partial charge is 0.191 e. The molecule has 0 aliphatic rings. The van der Waals surface area contributed by atoms with Crippen LogP contribution in [-0.4, -0.2) is 31.3 Å². The number of aromatic hydroxyl groups is 1. The van der Waals surface area contributed by atoms with E-state index in [4.69, 9.17) is 4.74 Å². The second kappa shape index (κ2) is 11.6. The van der Waals surface area contributed by atoms with E-state index in [2.05, 4.69) is 15.6 Å². The second-order valence-corrected chi connectivity index (χ2v) is 5.58. The molecule has 8 heteroatoms. The van der Waals surface area contributed by atoms with Gasteiger partial charge in [-0.25, -0.2) is 13.8 Å². The summed E-state index contributed by atoms with van der Waals surface area (Å²) < 4.78 is 32.0. The molecule has 27 heavy (non-hydrogen) atoms. The summed E-state index contributed by atoms with van der Waals surface area (Å²) >= 11 is 0. The van der Waals surface area contributed by atoms with Crippen molar-refractivity contribution in [3.05, 3.63) is 59.2 Å². The first-order valence-corrected chi connectivity index (χ1v) is 8.36. The molecule has 2 aromatic rings. The fourth-order valence-electron chi connectivity index (χ4n) is 2.42. The molecule has 0 saturated heterocycles. The quantitative estimate of drug-likeness (QED) is 0.315. The Morgan fingerprint density at radius 2 is 1.93 bits per heavy atom. The number of guanidine groups is 1. The highest BCUT2D eigenvalue weighted by molar-refractivity contribution is 14.0. The zero-order chi connectivity index (χ0) is 18.9. The maximum atomic E-state index is 13.7. The molecular formula is C19H24F2IN3O2. The molecule has 0 unspecified atom stereocenters. The van der Waals surface area contributed by atoms with E-state index in [1.807, 2.05) is 13.0 Å². The topological polar surface area (TPSA) is 65.9 Å². The number of rotatable bonds is 7. The van der Waals surface area contributed by atoms with Crippen LogP contribution in [-0.2, 0) is 13.0 Å². The molecule has 2 aromatic carbocycles. The van der Waals surface area contributed by atoms with Crippen LogP contribution in [0.15, 0.2) is 41.4 Å². The van der Waals surface area contributed by atoms with Crippen LogP contribution in [0.2, 0.25) is 0 Å². The molecular weight excluding hydrogens is 467 g/mol. The van der Waals surface area contributed by atoms with E-state index >= 15 is 0 Å². The summed E-state index contributed by atoms with van der Waals surface area (Å²) in [6, 6.07) is 8.60. The number of hydrogen-bond acceptors (Lipinski definition) is 3. The third-order valence-electron chi connectivity index (χ3n) is 3.75. The van der Waals surface area contributed by atoms with Gasteiger partial charge >= 0.3 is 0 Å². The van der Waals surface area contributed by atoms with Gasteiger partial charge in [0.15, 0.2) is 17.5 Å². The van der Waals surface area contributed by atoms with Gasteiger partial charge in [-0.05, 0) is 43.2 Å². The van der Waals surface area contributed by atoms with Crippen LogP contribution in [0, 0.1) is 11.6 Å². The molecule has 0 atom stereocenters. The molecule has 0 aliphatic carbocycles. The minimum Gasteiger partial charge on any atom is -0.504 e. The minimum atomic E-state index is -0.497. The SMILES string of the molecule is CCNC(=NCc1cc(F)ccc1F)NCCc1cccc(OC)c1O.I. The number of aliphatic imine (C=N–C) groups is 1. The number of benzene rings is 2. The summed E-state index contributed by atoms with van der Waals surface area (Å²) in [6.07, 6.45) is 0.543. The molecule has 0 aliphatic heterocycles. The Labute approximate surface area is 174 Å². The van der Waals surface area contributed by atoms with Crippen LogP contribution < -0.4 is 15.4 Å². The highest BCUT2D eigenvalue weighted by Gasteiger charge is 2.08. The molecule has 3 N–H and O–H groups in total. The first-order valence-electron chi connectivity index (χ1n) is 8.36. The third kappa shape index (κ3) is 6.85. The Hall–Kier alpha value is -2.10. The molecule has 148 valence electrons. The van der Waals surface area contributed by atoms with E-state index in [-0.39, 0.29) is 41.8 Å². The van der Waals surface area contributed by atoms with Crippen molar-refractivity contribution >= 4 is 29.9 Å². The average molecular weight is 491 g/mol. The van der Waals surface area contributed by atoms with E-state index in [1.165, 1.54) is 7.11 Å². The first-order chi connectivity index (χ1) is 12.5. The molecule has 0 fully saturated rings. The van der Waals surface area contributed by atoms with Crippen molar-refractivity contribution in [3.63, 3.8) is 0 Å². The van der Waals surface area contributed by atoms with E-state index in [9.17, 15) is 13.9 Å². The maximum Gasteiger partial charge on any atom is 0.191 e. The largest absolute Gasteiger partial charge is 0.504 e. The zero-order valence-electron chi connectivity index (χ0n) is 15.3. The van der Waals surface area contributed by atoms with Crippen molar-refractivity contribution in [1.82, 2.24) is 10.6 Å². The number of para-hydroxylation sites is 1. The summed E-state index contributed by atoms with van der Waals surface area (Å²) in [7, 11) is 1.50. The lowest BCUT2D eigenvalue weighted by atomic mass is 10.1. The van der Waals surface area contributed by atoms with Crippen LogP contribution in [0.1, 0.15) is 18.1 Å². The van der Waals surface area contributed by atoms with E-state index < -0.39 is 11.6 Å². The molecule has 5 nitrogen and oxygen atoms in total. The molecule has 0 radical (unpaired) electrons. The Bertz CT molecular complexity index is 773. The van der Waals surface area contributed by atoms with Crippen molar-refractivity contribution in [2.24, 2.45) is 4.99 Å². The highest BCUT2D eigenvalue weighted by atomic mass is 127. The van der Waals surface area contributed by atoms with Crippen LogP contribution in [0.5, 0.6) is 11.5 Å². The number of phenols is 1. The van der Waals surface area contributed by atoms with E-state index in [0.717, 1.165) is 23.8 Å². The summed E-state index contributed by atoms with van der Waals surface area (Å²) in [5.74, 6) is 0.0270. The molecule has 0 saturated carbocycles. The van der Waals surface area contributed by atoms with Crippen molar-refractivity contribution in [2.45, 2.75) is 19.9 Å². The van der Waals surface area contributed by atoms with E-state index in [1.54, 1.807) is 12.1 Å². The van der Waals surface area contributed by atoms with Crippen molar-refractivity contribution in [2.75, 3.05) is 20.2 Å². The molecule has 0 heterocycles. The summed E-state index contributed by atoms with van der Waals surface area (Å²) in [6.45, 7) is 3.05. The number of phenolic OH excluding ortho intramolecular Hbond substituents is 1. The third-order valence-corrected chi connectivity index (χ3v) is 3.75. The first kappa shape index (κ1) is 22.9. The predicted octanol–water partition coefficient (Wildman–Crippen LogP) is 3.59. The van der Waals surface area contributed by atoms with Gasteiger partial charge in [0.05, 0.1) is 13.7 Å². The fraction of sp³-hybridized carbons (Fsp3) is 0.316. The normalized spacial score (nSPS) is 10.9. The molecule has 0 aromatic heterocycles. The number of methoxy groups -OCH3 is 1. The second-order valence-electron chi connectivity index (χ2n) is 5.58. The Morgan fingerprint density at radius 1 is 1.15 bits per heavy atom. The lowest BCUT2D eigenvalue weighted by molar-refractivity contribution is 0.370. The summed E-state index contributed by atoms with van der Waals surface area (Å²) in [5.41, 5.74) is 0.927. The minimum absolute atomic E-state index is 0. The highest BCUT2D eigenvalue weighted by Crippen LogP contribution is 2.29. The zero-order valence-corrected chi connectivity index (χ0v) is 17.6. The monoisotopic (exact) mass is 491 g/mol. The molecule has 0 spiro atoms. The van der Waals surface area contributed by atoms with Crippen molar-refractivity contribution in [3.8, 4) is 11.5 Å². The van der Waals surface area contributed by atoms with E-state index in [0.29, 0.717) is 31.2 Å². The van der Waals surface area contributed by atoms with Gasteiger partial charge in [-0.1, -0.05) is 12.1 Å². The molecule has 2 rings (SSSR count). The Balaban J connectivity index is 0.00000364. The standard InChI is InChI=1S/C19H23F2N3O2.HI/c1-3-22-19(24-12-14-11-15(20)7-8-16(14)21)23-10-9-13-5-4-6-17(26-2)18(13)25;/h4-8,11,25H,3,9-10,12H2,1-2H3,(H2,22,23,24);1H. The van der Waals surface area contributed by atoms with Gasteiger partial charge in [0.1, 0.15) is 11.6 Å². The number of nitrogens with zero attached hydrogens (tertiary/aromatic N) is 1. The lowest BCUT2D eigenvalue weighted by Gasteiger charge is -2.13. The predicted molar refractivity (Wildman–Crippen MR) is 113 cm³/mol. The van der Waals surface area contributed by atoms with Gasteiger partial charge in [0.25, 0.3) is 0 Å². The van der Waals surface area contributed by atoms with Crippen LogP contribution in [0.25, 0.3) is 0 Å². The van der Waals surface area contributed by atoms with Gasteiger partial charge in [0.2, 0.25) is 0 Å². The lowest BCUT2D eigenvalue weighted by Crippen LogP contribution is -2.38. The van der Waals surface area contributed by atoms with Gasteiger partial charge in [-0.15, -0.1) is 24.0 Å². The number of ether oxygens (including phenoxy) is 1. The van der Waals surface area contributed by atoms with Gasteiger partial charge in [0, 0.05) is 18.7 Å². The number of nitrogens with one attached hydrogen (secondary N) is 2. The van der Waals surface area contributed by atoms with Gasteiger partial charge in [-0.2, -0.15) is 0 Å². The van der Waals surface area contributed by atoms with Crippen LogP contribution in [0.4, 0.5) is 8.78 Å². The van der Waals surface area contributed by atoms with Crippen LogP contribution in [0.3, 0.4) is 0 Å². The van der Waals surface area contributed by atoms with Crippen molar-refractivity contribution < 1.29 is 18.6 Å². The number of halogens is 3.